The van der Waals surface area contributed by atoms with Gasteiger partial charge in [0.15, 0.2) is 0 Å². The number of phenolic OH excluding ortho intramolecular Hbond substituents is 3. The minimum atomic E-state index is 0.169. The Morgan fingerprint density at radius 1 is 0.526 bits per heavy atom. The maximum absolute atomic E-state index is 9.37. The number of fused-ring (bicyclic) bond motifs is 1. The van der Waals surface area contributed by atoms with Crippen molar-refractivity contribution in [3.63, 3.8) is 0 Å². The molecule has 0 aliphatic heterocycles. The van der Waals surface area contributed by atoms with Crippen molar-refractivity contribution in [1.29, 1.82) is 0 Å². The van der Waals surface area contributed by atoms with Crippen LogP contribution in [0, 0.1) is 0 Å². The summed E-state index contributed by atoms with van der Waals surface area (Å²) in [5.74, 6) is 0.689. The third-order valence-electron chi connectivity index (χ3n) is 2.62. The fourth-order valence-electron chi connectivity index (χ4n) is 1.66. The van der Waals surface area contributed by atoms with Crippen molar-refractivity contribution in [2.24, 2.45) is 0 Å². The molecule has 0 aliphatic carbocycles. The Bertz CT molecular complexity index is 634. The van der Waals surface area contributed by atoms with Crippen LogP contribution in [-0.4, -0.2) is 15.3 Å². The average molecular weight is 254 g/mol. The summed E-state index contributed by atoms with van der Waals surface area (Å²) >= 11 is 0. The topological polar surface area (TPSA) is 60.7 Å². The van der Waals surface area contributed by atoms with E-state index in [4.69, 9.17) is 10.2 Å². The van der Waals surface area contributed by atoms with Crippen LogP contribution in [0.25, 0.3) is 10.8 Å². The predicted molar refractivity (Wildman–Crippen MR) is 75.4 cm³/mol. The number of rotatable bonds is 0. The zero-order chi connectivity index (χ0) is 13.7. The summed E-state index contributed by atoms with van der Waals surface area (Å²) < 4.78 is 0. The van der Waals surface area contributed by atoms with Gasteiger partial charge >= 0.3 is 0 Å². The summed E-state index contributed by atoms with van der Waals surface area (Å²) in [7, 11) is 0. The van der Waals surface area contributed by atoms with Crippen LogP contribution in [0.4, 0.5) is 0 Å². The van der Waals surface area contributed by atoms with Crippen molar-refractivity contribution < 1.29 is 15.3 Å². The Morgan fingerprint density at radius 3 is 1.63 bits per heavy atom. The van der Waals surface area contributed by atoms with E-state index in [1.54, 1.807) is 6.07 Å². The normalized spacial score (nSPS) is 9.68. The Labute approximate surface area is 111 Å². The number of phenols is 3. The van der Waals surface area contributed by atoms with Crippen molar-refractivity contribution in [1.82, 2.24) is 0 Å². The van der Waals surface area contributed by atoms with Gasteiger partial charge in [-0.2, -0.15) is 0 Å². The van der Waals surface area contributed by atoms with Crippen molar-refractivity contribution in [3.05, 3.63) is 66.7 Å². The van der Waals surface area contributed by atoms with Crippen molar-refractivity contribution in [2.45, 2.75) is 0 Å². The van der Waals surface area contributed by atoms with Gasteiger partial charge in [-0.1, -0.05) is 36.4 Å². The van der Waals surface area contributed by atoms with Crippen LogP contribution < -0.4 is 0 Å². The predicted octanol–water partition coefficient (Wildman–Crippen LogP) is 3.64. The van der Waals surface area contributed by atoms with E-state index in [1.807, 2.05) is 36.4 Å². The lowest BCUT2D eigenvalue weighted by atomic mass is 10.1. The van der Waals surface area contributed by atoms with E-state index in [1.165, 1.54) is 24.3 Å². The molecule has 3 aromatic carbocycles. The first-order chi connectivity index (χ1) is 9.16. The molecule has 0 spiro atoms. The van der Waals surface area contributed by atoms with E-state index in [-0.39, 0.29) is 11.5 Å². The maximum Gasteiger partial charge on any atom is 0.123 e. The summed E-state index contributed by atoms with van der Waals surface area (Å²) in [6, 6.07) is 19.0. The van der Waals surface area contributed by atoms with Gasteiger partial charge in [-0.3, -0.25) is 0 Å². The molecule has 96 valence electrons. The molecule has 0 fully saturated rings. The van der Waals surface area contributed by atoms with E-state index in [0.29, 0.717) is 5.75 Å². The lowest BCUT2D eigenvalue weighted by Gasteiger charge is -1.97. The molecule has 3 aromatic rings. The Balaban J connectivity index is 0.000000148. The number of aromatic hydroxyl groups is 3. The molecular weight excluding hydrogens is 240 g/mol. The van der Waals surface area contributed by atoms with Gasteiger partial charge in [-0.15, -0.1) is 0 Å². The molecule has 3 rings (SSSR count). The molecular formula is C16H14O3. The summed E-state index contributed by atoms with van der Waals surface area (Å²) in [5, 5.41) is 28.7. The molecule has 3 nitrogen and oxygen atoms in total. The molecule has 0 unspecified atom stereocenters. The zero-order valence-electron chi connectivity index (χ0n) is 10.2. The summed E-state index contributed by atoms with van der Waals surface area (Å²) in [4.78, 5) is 0. The standard InChI is InChI=1S/C10H8O.C6H6O2/c11-10-7-3-5-8-4-1-2-6-9(8)10;7-5-1-2-6(8)4-3-5/h1-7,11H;1-4,7-8H. The molecule has 0 atom stereocenters. The van der Waals surface area contributed by atoms with Gasteiger partial charge in [0.1, 0.15) is 17.2 Å². The highest BCUT2D eigenvalue weighted by atomic mass is 16.3. The third-order valence-corrected chi connectivity index (χ3v) is 2.62. The second-order valence-corrected chi connectivity index (χ2v) is 4.01. The molecule has 0 aliphatic rings. The van der Waals surface area contributed by atoms with Crippen LogP contribution in [-0.2, 0) is 0 Å². The maximum atomic E-state index is 9.37. The Morgan fingerprint density at radius 2 is 1.05 bits per heavy atom. The van der Waals surface area contributed by atoms with Crippen LogP contribution in [0.1, 0.15) is 0 Å². The molecule has 0 saturated carbocycles. The van der Waals surface area contributed by atoms with E-state index < -0.39 is 0 Å². The van der Waals surface area contributed by atoms with Gasteiger partial charge in [-0.05, 0) is 35.7 Å². The largest absolute Gasteiger partial charge is 0.508 e. The van der Waals surface area contributed by atoms with E-state index >= 15 is 0 Å². The van der Waals surface area contributed by atoms with E-state index in [9.17, 15) is 5.11 Å². The number of hydrogen-bond acceptors (Lipinski definition) is 3. The SMILES string of the molecule is Oc1ccc(O)cc1.Oc1cccc2ccccc12. The van der Waals surface area contributed by atoms with Crippen LogP contribution in [0.3, 0.4) is 0 Å². The van der Waals surface area contributed by atoms with Crippen molar-refractivity contribution in [2.75, 3.05) is 0 Å². The molecule has 0 heterocycles. The highest BCUT2D eigenvalue weighted by Gasteiger charge is 1.94. The first-order valence-corrected chi connectivity index (χ1v) is 5.81. The fraction of sp³-hybridized carbons (Fsp3) is 0. The second-order valence-electron chi connectivity index (χ2n) is 4.01. The Hall–Kier alpha value is -2.68. The molecule has 19 heavy (non-hydrogen) atoms. The summed E-state index contributed by atoms with van der Waals surface area (Å²) in [6.45, 7) is 0. The van der Waals surface area contributed by atoms with Gasteiger partial charge in [0.2, 0.25) is 0 Å². The second kappa shape index (κ2) is 5.78. The first-order valence-electron chi connectivity index (χ1n) is 5.81. The van der Waals surface area contributed by atoms with Gasteiger partial charge in [0.25, 0.3) is 0 Å². The van der Waals surface area contributed by atoms with Crippen molar-refractivity contribution >= 4 is 10.8 Å². The highest BCUT2D eigenvalue weighted by Crippen LogP contribution is 2.22. The van der Waals surface area contributed by atoms with Crippen LogP contribution in [0.2, 0.25) is 0 Å². The minimum Gasteiger partial charge on any atom is -0.508 e. The number of hydrogen-bond donors (Lipinski definition) is 3. The molecule has 0 bridgehead atoms. The fourth-order valence-corrected chi connectivity index (χ4v) is 1.66. The van der Waals surface area contributed by atoms with Crippen molar-refractivity contribution in [3.8, 4) is 17.2 Å². The van der Waals surface area contributed by atoms with Gasteiger partial charge in [0.05, 0.1) is 0 Å². The van der Waals surface area contributed by atoms with Crippen LogP contribution >= 0.6 is 0 Å². The average Bonchev–Trinajstić information content (AvgIpc) is 2.44. The summed E-state index contributed by atoms with van der Waals surface area (Å²) in [6.07, 6.45) is 0. The lowest BCUT2D eigenvalue weighted by molar-refractivity contribution is 0.460. The zero-order valence-corrected chi connectivity index (χ0v) is 10.2. The first kappa shape index (κ1) is 12.8. The monoisotopic (exact) mass is 254 g/mol. The molecule has 3 N–H and O–H groups in total. The molecule has 3 heteroatoms. The number of benzene rings is 3. The smallest absolute Gasteiger partial charge is 0.123 e. The molecule has 0 saturated heterocycles. The molecule has 0 amide bonds. The van der Waals surface area contributed by atoms with E-state index in [2.05, 4.69) is 0 Å². The van der Waals surface area contributed by atoms with Gasteiger partial charge in [-0.25, -0.2) is 0 Å². The molecule has 0 radical (unpaired) electrons. The third kappa shape index (κ3) is 3.39. The van der Waals surface area contributed by atoms with Crippen LogP contribution in [0.15, 0.2) is 66.7 Å². The molecule has 0 aromatic heterocycles. The summed E-state index contributed by atoms with van der Waals surface area (Å²) in [5.41, 5.74) is 0. The minimum absolute atomic E-state index is 0.169. The quantitative estimate of drug-likeness (QED) is 0.537. The van der Waals surface area contributed by atoms with E-state index in [0.717, 1.165) is 10.8 Å². The van der Waals surface area contributed by atoms with Crippen LogP contribution in [0.5, 0.6) is 17.2 Å². The van der Waals surface area contributed by atoms with Gasteiger partial charge < -0.3 is 15.3 Å². The lowest BCUT2D eigenvalue weighted by Crippen LogP contribution is -1.70. The Kier molecular flexibility index (Phi) is 3.88. The highest BCUT2D eigenvalue weighted by molar-refractivity contribution is 5.87. The van der Waals surface area contributed by atoms with Gasteiger partial charge in [0, 0.05) is 5.39 Å².